The Balaban J connectivity index is 1.79. The molecule has 0 aliphatic rings. The van der Waals surface area contributed by atoms with E-state index in [1.165, 1.54) is 0 Å². The van der Waals surface area contributed by atoms with Gasteiger partial charge in [0.15, 0.2) is 0 Å². The summed E-state index contributed by atoms with van der Waals surface area (Å²) in [4.78, 5) is 8.56. The molecule has 0 aliphatic carbocycles. The van der Waals surface area contributed by atoms with Crippen molar-refractivity contribution in [1.82, 2.24) is 9.97 Å². The summed E-state index contributed by atoms with van der Waals surface area (Å²) in [5.41, 5.74) is 2.87. The fraction of sp³-hybridized carbons (Fsp3) is 0.0667. The van der Waals surface area contributed by atoms with Crippen molar-refractivity contribution in [3.05, 3.63) is 66.5 Å². The molecule has 0 saturated carbocycles. The number of benzene rings is 1. The third kappa shape index (κ3) is 2.30. The summed E-state index contributed by atoms with van der Waals surface area (Å²) in [6, 6.07) is 15.8. The summed E-state index contributed by atoms with van der Waals surface area (Å²) in [5, 5.41) is 0. The van der Waals surface area contributed by atoms with Crippen molar-refractivity contribution in [1.29, 1.82) is 0 Å². The molecule has 0 atom stereocenters. The molecule has 0 saturated heterocycles. The van der Waals surface area contributed by atoms with E-state index in [4.69, 9.17) is 4.74 Å². The Morgan fingerprint density at radius 1 is 0.889 bits per heavy atom. The minimum atomic E-state index is 0.543. The van der Waals surface area contributed by atoms with E-state index in [1.807, 2.05) is 48.5 Å². The second-order valence-corrected chi connectivity index (χ2v) is 3.99. The molecule has 3 heteroatoms. The minimum Gasteiger partial charge on any atom is -0.487 e. The molecule has 3 nitrogen and oxygen atoms in total. The molecule has 1 aromatic carbocycles. The van der Waals surface area contributed by atoms with Crippen LogP contribution in [0.2, 0.25) is 0 Å². The largest absolute Gasteiger partial charge is 0.487 e. The fourth-order valence-corrected chi connectivity index (χ4v) is 1.75. The van der Waals surface area contributed by atoms with Crippen molar-refractivity contribution in [2.75, 3.05) is 0 Å². The maximum absolute atomic E-state index is 5.70. The Morgan fingerprint density at radius 2 is 1.78 bits per heavy atom. The zero-order valence-corrected chi connectivity index (χ0v) is 9.78. The molecular formula is C15H12N2O. The summed E-state index contributed by atoms with van der Waals surface area (Å²) in [6.45, 7) is 0.543. The molecule has 0 radical (unpaired) electrons. The molecular weight excluding hydrogens is 224 g/mol. The Kier molecular flexibility index (Phi) is 2.88. The molecule has 3 aromatic rings. The average molecular weight is 236 g/mol. The normalized spacial score (nSPS) is 10.4. The number of rotatable bonds is 3. The predicted molar refractivity (Wildman–Crippen MR) is 70.3 cm³/mol. The lowest BCUT2D eigenvalue weighted by atomic mass is 10.2. The van der Waals surface area contributed by atoms with Gasteiger partial charge in [0.05, 0.1) is 17.2 Å². The van der Waals surface area contributed by atoms with Crippen molar-refractivity contribution in [2.45, 2.75) is 6.61 Å². The van der Waals surface area contributed by atoms with Gasteiger partial charge < -0.3 is 4.74 Å². The number of nitrogens with zero attached hydrogens (tertiary/aromatic N) is 2. The maximum Gasteiger partial charge on any atom is 0.140 e. The van der Waals surface area contributed by atoms with Gasteiger partial charge in [0.2, 0.25) is 0 Å². The van der Waals surface area contributed by atoms with E-state index in [9.17, 15) is 0 Å². The van der Waals surface area contributed by atoms with Crippen LogP contribution in [0.15, 0.2) is 60.9 Å². The summed E-state index contributed by atoms with van der Waals surface area (Å²) >= 11 is 0. The van der Waals surface area contributed by atoms with Gasteiger partial charge in [-0.2, -0.15) is 0 Å². The number of fused-ring (bicyclic) bond motifs is 1. The van der Waals surface area contributed by atoms with Crippen molar-refractivity contribution >= 4 is 11.0 Å². The molecule has 0 aliphatic heterocycles. The number of hydrogen-bond donors (Lipinski definition) is 0. The molecule has 0 spiro atoms. The first-order valence-electron chi connectivity index (χ1n) is 5.79. The van der Waals surface area contributed by atoms with Crippen molar-refractivity contribution in [3.63, 3.8) is 0 Å². The van der Waals surface area contributed by atoms with Gasteiger partial charge in [-0.15, -0.1) is 0 Å². The van der Waals surface area contributed by atoms with Crippen molar-refractivity contribution < 1.29 is 4.74 Å². The first-order valence-corrected chi connectivity index (χ1v) is 5.79. The van der Waals surface area contributed by atoms with Gasteiger partial charge in [-0.1, -0.05) is 30.3 Å². The molecule has 2 heterocycles. The van der Waals surface area contributed by atoms with Gasteiger partial charge in [-0.3, -0.25) is 9.97 Å². The summed E-state index contributed by atoms with van der Waals surface area (Å²) in [6.07, 6.45) is 3.48. The zero-order valence-electron chi connectivity index (χ0n) is 9.78. The molecule has 0 fully saturated rings. The maximum atomic E-state index is 5.70. The third-order valence-electron chi connectivity index (χ3n) is 2.67. The SMILES string of the molecule is c1ccc(COc2cnc3cccnc3c2)cc1. The van der Waals surface area contributed by atoms with Gasteiger partial charge in [0, 0.05) is 12.3 Å². The smallest absolute Gasteiger partial charge is 0.140 e. The van der Waals surface area contributed by atoms with E-state index in [2.05, 4.69) is 9.97 Å². The monoisotopic (exact) mass is 236 g/mol. The second-order valence-electron chi connectivity index (χ2n) is 3.99. The quantitative estimate of drug-likeness (QED) is 0.700. The van der Waals surface area contributed by atoms with E-state index in [0.717, 1.165) is 22.3 Å². The Morgan fingerprint density at radius 3 is 2.67 bits per heavy atom. The van der Waals surface area contributed by atoms with Crippen LogP contribution in [-0.4, -0.2) is 9.97 Å². The molecule has 18 heavy (non-hydrogen) atoms. The minimum absolute atomic E-state index is 0.543. The lowest BCUT2D eigenvalue weighted by molar-refractivity contribution is 0.305. The number of hydrogen-bond acceptors (Lipinski definition) is 3. The van der Waals surface area contributed by atoms with Crippen LogP contribution in [-0.2, 0) is 6.61 Å². The lowest BCUT2D eigenvalue weighted by Gasteiger charge is -2.06. The molecule has 0 amide bonds. The standard InChI is InChI=1S/C15H12N2O/c1-2-5-12(6-3-1)11-18-13-9-15-14(17-10-13)7-4-8-16-15/h1-10H,11H2. The number of pyridine rings is 2. The Bertz CT molecular complexity index is 653. The van der Waals surface area contributed by atoms with E-state index in [0.29, 0.717) is 6.61 Å². The van der Waals surface area contributed by atoms with Crippen LogP contribution < -0.4 is 4.74 Å². The fourth-order valence-electron chi connectivity index (χ4n) is 1.75. The highest BCUT2D eigenvalue weighted by Gasteiger charge is 1.99. The zero-order chi connectivity index (χ0) is 12.2. The van der Waals surface area contributed by atoms with Gasteiger partial charge in [-0.05, 0) is 17.7 Å². The van der Waals surface area contributed by atoms with Crippen LogP contribution in [0.3, 0.4) is 0 Å². The third-order valence-corrected chi connectivity index (χ3v) is 2.67. The van der Waals surface area contributed by atoms with E-state index < -0.39 is 0 Å². The van der Waals surface area contributed by atoms with Crippen LogP contribution in [0.1, 0.15) is 5.56 Å². The highest BCUT2D eigenvalue weighted by molar-refractivity contribution is 5.74. The van der Waals surface area contributed by atoms with Crippen molar-refractivity contribution in [2.24, 2.45) is 0 Å². The number of ether oxygens (including phenoxy) is 1. The molecule has 88 valence electrons. The van der Waals surface area contributed by atoms with Crippen LogP contribution in [0.4, 0.5) is 0 Å². The molecule has 3 rings (SSSR count). The van der Waals surface area contributed by atoms with Crippen molar-refractivity contribution in [3.8, 4) is 5.75 Å². The van der Waals surface area contributed by atoms with E-state index in [1.54, 1.807) is 12.4 Å². The first kappa shape index (κ1) is 10.7. The van der Waals surface area contributed by atoms with Crippen LogP contribution in [0, 0.1) is 0 Å². The average Bonchev–Trinajstić information content (AvgIpc) is 2.46. The highest BCUT2D eigenvalue weighted by atomic mass is 16.5. The predicted octanol–water partition coefficient (Wildman–Crippen LogP) is 3.21. The molecule has 0 bridgehead atoms. The second kappa shape index (κ2) is 4.84. The van der Waals surface area contributed by atoms with Gasteiger partial charge in [0.25, 0.3) is 0 Å². The summed E-state index contributed by atoms with van der Waals surface area (Å²) < 4.78 is 5.70. The first-order chi connectivity index (χ1) is 8.92. The summed E-state index contributed by atoms with van der Waals surface area (Å²) in [7, 11) is 0. The molecule has 0 unspecified atom stereocenters. The Hall–Kier alpha value is -2.42. The highest BCUT2D eigenvalue weighted by Crippen LogP contribution is 2.17. The van der Waals surface area contributed by atoms with Gasteiger partial charge >= 0.3 is 0 Å². The number of aromatic nitrogens is 2. The van der Waals surface area contributed by atoms with Gasteiger partial charge in [0.1, 0.15) is 12.4 Å². The lowest BCUT2D eigenvalue weighted by Crippen LogP contribution is -1.95. The van der Waals surface area contributed by atoms with Crippen LogP contribution in [0.5, 0.6) is 5.75 Å². The summed E-state index contributed by atoms with van der Waals surface area (Å²) in [5.74, 6) is 0.741. The van der Waals surface area contributed by atoms with E-state index >= 15 is 0 Å². The molecule has 2 aromatic heterocycles. The van der Waals surface area contributed by atoms with E-state index in [-0.39, 0.29) is 0 Å². The van der Waals surface area contributed by atoms with Crippen LogP contribution in [0.25, 0.3) is 11.0 Å². The molecule has 0 N–H and O–H groups in total. The Labute approximate surface area is 105 Å². The topological polar surface area (TPSA) is 35.0 Å². The van der Waals surface area contributed by atoms with Gasteiger partial charge in [-0.25, -0.2) is 0 Å². The van der Waals surface area contributed by atoms with Crippen LogP contribution >= 0.6 is 0 Å².